The zero-order valence-electron chi connectivity index (χ0n) is 16.5. The van der Waals surface area contributed by atoms with E-state index in [0.29, 0.717) is 23.1 Å². The maximum Gasteiger partial charge on any atom is 0.410 e. The lowest BCUT2D eigenvalue weighted by Crippen LogP contribution is -2.45. The molecule has 8 heteroatoms. The molecular formula is C21H22ClN3O3S. The van der Waals surface area contributed by atoms with Gasteiger partial charge in [0.15, 0.2) is 5.13 Å². The number of carbonyl (C=O) groups excluding carboxylic acids is 2. The topological polar surface area (TPSA) is 71.5 Å². The van der Waals surface area contributed by atoms with Crippen molar-refractivity contribution < 1.29 is 14.3 Å². The van der Waals surface area contributed by atoms with Gasteiger partial charge in [0.1, 0.15) is 11.6 Å². The Morgan fingerprint density at radius 2 is 2.07 bits per heavy atom. The van der Waals surface area contributed by atoms with Crippen LogP contribution in [0.15, 0.2) is 30.3 Å². The van der Waals surface area contributed by atoms with Crippen LogP contribution in [0.5, 0.6) is 0 Å². The summed E-state index contributed by atoms with van der Waals surface area (Å²) in [6.07, 6.45) is 0.919. The smallest absolute Gasteiger partial charge is 0.410 e. The number of fused-ring (bicyclic) bond motifs is 3. The molecule has 1 aliphatic heterocycles. The number of amides is 2. The second-order valence-electron chi connectivity index (χ2n) is 8.12. The quantitative estimate of drug-likeness (QED) is 0.586. The standard InChI is InChI=1S/C21H22ClN3O3S/c1-21(2,3)28-20(27)25-10-4-5-16(25)18(26)24-19-23-15-9-6-12-11-13(22)7-8-14(12)17(15)29-19/h6-9,11,16H,4-5,10H2,1-3H3,(H,23,24,26)/t16-/m1/s1. The predicted octanol–water partition coefficient (Wildman–Crippen LogP) is 5.44. The molecule has 1 atom stereocenters. The zero-order chi connectivity index (χ0) is 20.8. The molecule has 3 aromatic rings. The number of rotatable bonds is 2. The van der Waals surface area contributed by atoms with Gasteiger partial charge < -0.3 is 10.1 Å². The number of nitrogens with one attached hydrogen (secondary N) is 1. The summed E-state index contributed by atoms with van der Waals surface area (Å²) < 4.78 is 6.43. The molecular weight excluding hydrogens is 410 g/mol. The van der Waals surface area contributed by atoms with Gasteiger partial charge in [0.2, 0.25) is 5.91 Å². The Morgan fingerprint density at radius 1 is 1.28 bits per heavy atom. The van der Waals surface area contributed by atoms with Gasteiger partial charge in [-0.3, -0.25) is 9.69 Å². The molecule has 1 aliphatic rings. The van der Waals surface area contributed by atoms with Gasteiger partial charge in [0, 0.05) is 17.0 Å². The minimum Gasteiger partial charge on any atom is -0.444 e. The lowest BCUT2D eigenvalue weighted by molar-refractivity contribution is -0.120. The summed E-state index contributed by atoms with van der Waals surface area (Å²) >= 11 is 7.50. The average molecular weight is 432 g/mol. The van der Waals surface area contributed by atoms with E-state index in [2.05, 4.69) is 10.3 Å². The SMILES string of the molecule is CC(C)(C)OC(=O)N1CCC[C@@H]1C(=O)Nc1nc2ccc3cc(Cl)ccc3c2s1. The lowest BCUT2D eigenvalue weighted by atomic mass is 10.1. The summed E-state index contributed by atoms with van der Waals surface area (Å²) in [5.74, 6) is -0.236. The van der Waals surface area contributed by atoms with Gasteiger partial charge in [-0.1, -0.05) is 35.1 Å². The van der Waals surface area contributed by atoms with E-state index in [0.717, 1.165) is 27.4 Å². The molecule has 0 unspecified atom stereocenters. The van der Waals surface area contributed by atoms with Crippen molar-refractivity contribution in [1.82, 2.24) is 9.88 Å². The highest BCUT2D eigenvalue weighted by Crippen LogP contribution is 2.34. The number of benzene rings is 2. The number of aromatic nitrogens is 1. The second kappa shape index (κ2) is 7.46. The minimum absolute atomic E-state index is 0.236. The molecule has 2 amide bonds. The first-order valence-electron chi connectivity index (χ1n) is 9.50. The summed E-state index contributed by atoms with van der Waals surface area (Å²) in [5, 5.41) is 6.16. The molecule has 2 heterocycles. The van der Waals surface area contributed by atoms with Crippen LogP contribution in [-0.2, 0) is 9.53 Å². The van der Waals surface area contributed by atoms with Gasteiger partial charge in [0.05, 0.1) is 10.2 Å². The Morgan fingerprint density at radius 3 is 2.83 bits per heavy atom. The predicted molar refractivity (Wildman–Crippen MR) is 117 cm³/mol. The summed E-state index contributed by atoms with van der Waals surface area (Å²) in [7, 11) is 0. The van der Waals surface area contributed by atoms with Gasteiger partial charge in [-0.25, -0.2) is 9.78 Å². The Kier molecular flexibility index (Phi) is 5.12. The summed E-state index contributed by atoms with van der Waals surface area (Å²) in [5.41, 5.74) is 0.216. The van der Waals surface area contributed by atoms with Gasteiger partial charge in [-0.05, 0) is 57.2 Å². The molecule has 1 fully saturated rings. The van der Waals surface area contributed by atoms with Crippen LogP contribution in [0.25, 0.3) is 21.0 Å². The number of carbonyl (C=O) groups is 2. The van der Waals surface area contributed by atoms with Crippen LogP contribution < -0.4 is 5.32 Å². The fourth-order valence-electron chi connectivity index (χ4n) is 3.51. The third-order valence-electron chi connectivity index (χ3n) is 4.75. The summed E-state index contributed by atoms with van der Waals surface area (Å²) in [4.78, 5) is 31.4. The number of nitrogens with zero attached hydrogens (tertiary/aromatic N) is 2. The number of thiazole rings is 1. The Balaban J connectivity index is 1.55. The number of hydrogen-bond donors (Lipinski definition) is 1. The van der Waals surface area contributed by atoms with Crippen molar-refractivity contribution in [1.29, 1.82) is 0 Å². The molecule has 0 radical (unpaired) electrons. The molecule has 6 nitrogen and oxygen atoms in total. The average Bonchev–Trinajstić information content (AvgIpc) is 3.26. The van der Waals surface area contributed by atoms with E-state index >= 15 is 0 Å². The molecule has 0 bridgehead atoms. The number of ether oxygens (including phenoxy) is 1. The Bertz CT molecular complexity index is 1110. The first kappa shape index (κ1) is 19.9. The molecule has 0 aliphatic carbocycles. The second-order valence-corrected chi connectivity index (χ2v) is 9.55. The highest BCUT2D eigenvalue weighted by atomic mass is 35.5. The van der Waals surface area contributed by atoms with Crippen LogP contribution in [0.2, 0.25) is 5.02 Å². The fraction of sp³-hybridized carbons (Fsp3) is 0.381. The Hall–Kier alpha value is -2.38. The molecule has 152 valence electrons. The van der Waals surface area contributed by atoms with E-state index in [9.17, 15) is 9.59 Å². The monoisotopic (exact) mass is 431 g/mol. The van der Waals surface area contributed by atoms with Crippen molar-refractivity contribution >= 4 is 61.1 Å². The van der Waals surface area contributed by atoms with Crippen molar-refractivity contribution in [2.24, 2.45) is 0 Å². The molecule has 29 heavy (non-hydrogen) atoms. The number of halogens is 1. The zero-order valence-corrected chi connectivity index (χ0v) is 18.1. The van der Waals surface area contributed by atoms with Crippen LogP contribution in [0, 0.1) is 0 Å². The van der Waals surface area contributed by atoms with Crippen LogP contribution in [-0.4, -0.2) is 40.1 Å². The third-order valence-corrected chi connectivity index (χ3v) is 6.00. The van der Waals surface area contributed by atoms with Gasteiger partial charge in [0.25, 0.3) is 0 Å². The fourth-order valence-corrected chi connectivity index (χ4v) is 4.69. The number of hydrogen-bond acceptors (Lipinski definition) is 5. The molecule has 4 rings (SSSR count). The Labute approximate surface area is 177 Å². The van der Waals surface area contributed by atoms with Crippen LogP contribution in [0.4, 0.5) is 9.93 Å². The molecule has 1 saturated heterocycles. The summed E-state index contributed by atoms with van der Waals surface area (Å²) in [6.45, 7) is 5.95. The van der Waals surface area contributed by atoms with E-state index in [1.54, 1.807) is 0 Å². The van der Waals surface area contributed by atoms with E-state index in [1.165, 1.54) is 16.2 Å². The molecule has 0 saturated carbocycles. The van der Waals surface area contributed by atoms with Crippen molar-refractivity contribution in [3.63, 3.8) is 0 Å². The third kappa shape index (κ3) is 4.16. The van der Waals surface area contributed by atoms with Crippen LogP contribution in [0.1, 0.15) is 33.6 Å². The maximum absolute atomic E-state index is 12.9. The number of likely N-dealkylation sites (tertiary alicyclic amines) is 1. The molecule has 1 aromatic heterocycles. The van der Waals surface area contributed by atoms with Crippen LogP contribution >= 0.6 is 22.9 Å². The van der Waals surface area contributed by atoms with E-state index < -0.39 is 17.7 Å². The van der Waals surface area contributed by atoms with Gasteiger partial charge in [-0.2, -0.15) is 0 Å². The highest BCUT2D eigenvalue weighted by Gasteiger charge is 2.36. The lowest BCUT2D eigenvalue weighted by Gasteiger charge is -2.27. The van der Waals surface area contributed by atoms with Crippen molar-refractivity contribution in [3.05, 3.63) is 35.4 Å². The molecule has 2 aromatic carbocycles. The van der Waals surface area contributed by atoms with E-state index in [1.807, 2.05) is 51.1 Å². The highest BCUT2D eigenvalue weighted by molar-refractivity contribution is 7.23. The first-order valence-corrected chi connectivity index (χ1v) is 10.7. The van der Waals surface area contributed by atoms with Gasteiger partial charge >= 0.3 is 6.09 Å². The molecule has 1 N–H and O–H groups in total. The summed E-state index contributed by atoms with van der Waals surface area (Å²) in [6, 6.07) is 9.06. The van der Waals surface area contributed by atoms with Crippen molar-refractivity contribution in [2.45, 2.75) is 45.3 Å². The normalized spacial score (nSPS) is 17.1. The van der Waals surface area contributed by atoms with E-state index in [4.69, 9.17) is 16.3 Å². The number of anilines is 1. The largest absolute Gasteiger partial charge is 0.444 e. The van der Waals surface area contributed by atoms with Crippen LogP contribution in [0.3, 0.4) is 0 Å². The minimum atomic E-state index is -0.600. The van der Waals surface area contributed by atoms with E-state index in [-0.39, 0.29) is 5.91 Å². The first-order chi connectivity index (χ1) is 13.7. The van der Waals surface area contributed by atoms with Crippen molar-refractivity contribution in [3.8, 4) is 0 Å². The van der Waals surface area contributed by atoms with Crippen molar-refractivity contribution in [2.75, 3.05) is 11.9 Å². The van der Waals surface area contributed by atoms with Gasteiger partial charge in [-0.15, -0.1) is 0 Å². The molecule has 0 spiro atoms. The maximum atomic E-state index is 12.9.